The lowest BCUT2D eigenvalue weighted by atomic mass is 9.96. The van der Waals surface area contributed by atoms with Gasteiger partial charge in [-0.3, -0.25) is 10.1 Å². The molecular formula is C16H16ClNO2. The van der Waals surface area contributed by atoms with Crippen molar-refractivity contribution >= 4 is 17.3 Å². The van der Waals surface area contributed by atoms with Gasteiger partial charge in [0, 0.05) is 11.6 Å². The zero-order chi connectivity index (χ0) is 14.7. The molecule has 0 heterocycles. The number of alkyl halides is 1. The molecule has 0 aliphatic heterocycles. The molecule has 0 saturated carbocycles. The summed E-state index contributed by atoms with van der Waals surface area (Å²) in [6.45, 7) is 4.06. The molecule has 2 aromatic rings. The Hall–Kier alpha value is -1.87. The number of benzene rings is 2. The number of hydrogen-bond donors (Lipinski definition) is 0. The van der Waals surface area contributed by atoms with Gasteiger partial charge >= 0.3 is 0 Å². The first-order valence-corrected chi connectivity index (χ1v) is 6.87. The van der Waals surface area contributed by atoms with Crippen LogP contribution in [0.3, 0.4) is 0 Å². The summed E-state index contributed by atoms with van der Waals surface area (Å²) in [5.41, 5.74) is 4.15. The van der Waals surface area contributed by atoms with Crippen LogP contribution in [-0.4, -0.2) is 4.92 Å². The molecule has 2 aromatic carbocycles. The summed E-state index contributed by atoms with van der Waals surface area (Å²) in [4.78, 5) is 10.7. The lowest BCUT2D eigenvalue weighted by Crippen LogP contribution is -2.02. The molecule has 4 heteroatoms. The predicted octanol–water partition coefficient (Wildman–Crippen LogP) is 4.73. The lowest BCUT2D eigenvalue weighted by Gasteiger charge is -2.14. The minimum atomic E-state index is -0.359. The van der Waals surface area contributed by atoms with E-state index in [9.17, 15) is 10.1 Å². The molecule has 0 aliphatic carbocycles. The largest absolute Gasteiger partial charge is 0.272 e. The lowest BCUT2D eigenvalue weighted by molar-refractivity contribution is -0.385. The van der Waals surface area contributed by atoms with Crippen molar-refractivity contribution in [2.24, 2.45) is 0 Å². The number of nitrogens with zero attached hydrogens (tertiary/aromatic N) is 1. The summed E-state index contributed by atoms with van der Waals surface area (Å²) < 4.78 is 0. The summed E-state index contributed by atoms with van der Waals surface area (Å²) in [7, 11) is 0. The minimum absolute atomic E-state index is 0.128. The van der Waals surface area contributed by atoms with Crippen molar-refractivity contribution in [2.45, 2.75) is 25.6 Å². The summed E-state index contributed by atoms with van der Waals surface area (Å²) in [6.07, 6.45) is 0.447. The average molecular weight is 290 g/mol. The second-order valence-electron chi connectivity index (χ2n) is 4.85. The molecule has 0 aromatic heterocycles. The first-order valence-electron chi connectivity index (χ1n) is 6.43. The fraction of sp³-hybridized carbons (Fsp3) is 0.250. The average Bonchev–Trinajstić information content (AvgIpc) is 2.42. The molecule has 20 heavy (non-hydrogen) atoms. The van der Waals surface area contributed by atoms with Gasteiger partial charge in [0.25, 0.3) is 5.69 Å². The number of aryl methyl sites for hydroxylation is 1. The Morgan fingerprint density at radius 3 is 2.55 bits per heavy atom. The van der Waals surface area contributed by atoms with Crippen LogP contribution in [0.25, 0.3) is 0 Å². The van der Waals surface area contributed by atoms with Gasteiger partial charge in [-0.1, -0.05) is 36.4 Å². The number of nitro groups is 1. The minimum Gasteiger partial charge on any atom is -0.258 e. The highest BCUT2D eigenvalue weighted by Gasteiger charge is 2.18. The fourth-order valence-electron chi connectivity index (χ4n) is 2.28. The van der Waals surface area contributed by atoms with Gasteiger partial charge in [-0.15, -0.1) is 11.6 Å². The third-order valence-corrected chi connectivity index (χ3v) is 3.96. The maximum Gasteiger partial charge on any atom is 0.272 e. The quantitative estimate of drug-likeness (QED) is 0.464. The molecule has 0 bridgehead atoms. The highest BCUT2D eigenvalue weighted by atomic mass is 35.5. The molecule has 0 aliphatic rings. The Balaban J connectivity index is 2.30. The Labute approximate surface area is 123 Å². The molecule has 0 saturated heterocycles. The van der Waals surface area contributed by atoms with Crippen molar-refractivity contribution in [3.8, 4) is 0 Å². The number of para-hydroxylation sites is 1. The van der Waals surface area contributed by atoms with E-state index < -0.39 is 0 Å². The number of hydrogen-bond acceptors (Lipinski definition) is 2. The second kappa shape index (κ2) is 6.06. The van der Waals surface area contributed by atoms with Gasteiger partial charge < -0.3 is 0 Å². The molecule has 104 valence electrons. The van der Waals surface area contributed by atoms with Crippen molar-refractivity contribution in [3.63, 3.8) is 0 Å². The highest BCUT2D eigenvalue weighted by Crippen LogP contribution is 2.31. The van der Waals surface area contributed by atoms with Crippen LogP contribution in [0.15, 0.2) is 42.5 Å². The summed E-state index contributed by atoms with van der Waals surface area (Å²) in [6, 6.07) is 12.7. The van der Waals surface area contributed by atoms with Gasteiger partial charge in [0.05, 0.1) is 10.3 Å². The van der Waals surface area contributed by atoms with E-state index in [1.54, 1.807) is 18.2 Å². The van der Waals surface area contributed by atoms with Gasteiger partial charge in [0.15, 0.2) is 0 Å². The van der Waals surface area contributed by atoms with Crippen LogP contribution in [-0.2, 0) is 6.42 Å². The molecule has 0 N–H and O–H groups in total. The zero-order valence-electron chi connectivity index (χ0n) is 11.5. The van der Waals surface area contributed by atoms with Crippen molar-refractivity contribution in [1.82, 2.24) is 0 Å². The van der Waals surface area contributed by atoms with Crippen LogP contribution in [0.2, 0.25) is 0 Å². The Kier molecular flexibility index (Phi) is 4.40. The van der Waals surface area contributed by atoms with E-state index in [-0.39, 0.29) is 16.0 Å². The Morgan fingerprint density at radius 1 is 1.15 bits per heavy atom. The van der Waals surface area contributed by atoms with E-state index in [4.69, 9.17) is 11.6 Å². The molecular weight excluding hydrogens is 274 g/mol. The molecule has 0 fully saturated rings. The first-order chi connectivity index (χ1) is 9.50. The van der Waals surface area contributed by atoms with E-state index in [0.717, 1.165) is 11.1 Å². The Morgan fingerprint density at radius 2 is 1.85 bits per heavy atom. The van der Waals surface area contributed by atoms with E-state index in [2.05, 4.69) is 0 Å². The monoisotopic (exact) mass is 289 g/mol. The molecule has 1 atom stereocenters. The van der Waals surface area contributed by atoms with Crippen molar-refractivity contribution in [2.75, 3.05) is 0 Å². The van der Waals surface area contributed by atoms with E-state index in [1.165, 1.54) is 11.6 Å². The second-order valence-corrected chi connectivity index (χ2v) is 5.37. The van der Waals surface area contributed by atoms with Crippen LogP contribution >= 0.6 is 11.6 Å². The zero-order valence-corrected chi connectivity index (χ0v) is 12.2. The van der Waals surface area contributed by atoms with Crippen LogP contribution in [0, 0.1) is 24.0 Å². The molecule has 3 nitrogen and oxygen atoms in total. The van der Waals surface area contributed by atoms with E-state index in [0.29, 0.717) is 12.0 Å². The molecule has 1 unspecified atom stereocenters. The molecule has 0 spiro atoms. The maximum absolute atomic E-state index is 11.0. The van der Waals surface area contributed by atoms with Crippen LogP contribution in [0.5, 0.6) is 0 Å². The summed E-state index contributed by atoms with van der Waals surface area (Å²) in [5, 5.41) is 10.8. The standard InChI is InChI=1S/C16H16ClNO2/c1-11-6-5-8-14(12(11)2)15(17)10-13-7-3-4-9-16(13)18(19)20/h3-9,15H,10H2,1-2H3. The molecule has 2 rings (SSSR count). The van der Waals surface area contributed by atoms with Crippen molar-refractivity contribution < 1.29 is 4.92 Å². The van der Waals surface area contributed by atoms with Gasteiger partial charge in [-0.05, 0) is 37.0 Å². The number of nitro benzene ring substituents is 1. The third kappa shape index (κ3) is 2.99. The smallest absolute Gasteiger partial charge is 0.258 e. The molecule has 0 radical (unpaired) electrons. The van der Waals surface area contributed by atoms with Gasteiger partial charge in [0.1, 0.15) is 0 Å². The normalized spacial score (nSPS) is 12.2. The number of rotatable bonds is 4. The van der Waals surface area contributed by atoms with Gasteiger partial charge in [-0.25, -0.2) is 0 Å². The van der Waals surface area contributed by atoms with Crippen molar-refractivity contribution in [1.29, 1.82) is 0 Å². The molecule has 0 amide bonds. The fourth-order valence-corrected chi connectivity index (χ4v) is 2.68. The van der Waals surface area contributed by atoms with Gasteiger partial charge in [-0.2, -0.15) is 0 Å². The highest BCUT2D eigenvalue weighted by molar-refractivity contribution is 6.21. The van der Waals surface area contributed by atoms with Crippen LogP contribution in [0.4, 0.5) is 5.69 Å². The van der Waals surface area contributed by atoms with E-state index >= 15 is 0 Å². The maximum atomic E-state index is 11.0. The SMILES string of the molecule is Cc1cccc(C(Cl)Cc2ccccc2[N+](=O)[O-])c1C. The number of halogens is 1. The summed E-state index contributed by atoms with van der Waals surface area (Å²) in [5.74, 6) is 0. The van der Waals surface area contributed by atoms with Crippen LogP contribution < -0.4 is 0 Å². The van der Waals surface area contributed by atoms with E-state index in [1.807, 2.05) is 32.0 Å². The van der Waals surface area contributed by atoms with Crippen molar-refractivity contribution in [3.05, 3.63) is 74.8 Å². The van der Waals surface area contributed by atoms with Crippen LogP contribution in [0.1, 0.15) is 27.6 Å². The predicted molar refractivity (Wildman–Crippen MR) is 81.3 cm³/mol. The third-order valence-electron chi connectivity index (χ3n) is 3.57. The van der Waals surface area contributed by atoms with Gasteiger partial charge in [0.2, 0.25) is 0 Å². The summed E-state index contributed by atoms with van der Waals surface area (Å²) >= 11 is 6.47. The Bertz CT molecular complexity index is 640. The topological polar surface area (TPSA) is 43.1 Å². The first kappa shape index (κ1) is 14.5.